The van der Waals surface area contributed by atoms with Gasteiger partial charge in [-0.05, 0) is 44.5 Å². The van der Waals surface area contributed by atoms with Crippen LogP contribution in [0.3, 0.4) is 0 Å². The summed E-state index contributed by atoms with van der Waals surface area (Å²) in [6.45, 7) is 6.77. The molecule has 0 bridgehead atoms. The molecule has 2 aliphatic rings. The fourth-order valence-electron chi connectivity index (χ4n) is 5.11. The first-order chi connectivity index (χ1) is 19.3. The minimum Gasteiger partial charge on any atom is -0.497 e. The summed E-state index contributed by atoms with van der Waals surface area (Å²) in [7, 11) is 4.74. The minimum absolute atomic E-state index is 0.00843. The van der Waals surface area contributed by atoms with Gasteiger partial charge in [0.2, 0.25) is 0 Å². The van der Waals surface area contributed by atoms with Crippen LogP contribution in [0, 0.1) is 6.92 Å². The quantitative estimate of drug-likeness (QED) is 0.503. The summed E-state index contributed by atoms with van der Waals surface area (Å²) in [4.78, 5) is 45.2. The summed E-state index contributed by atoms with van der Waals surface area (Å²) in [6.07, 6.45) is 0.769. The van der Waals surface area contributed by atoms with Gasteiger partial charge in [-0.2, -0.15) is 0 Å². The Kier molecular flexibility index (Phi) is 9.31. The van der Waals surface area contributed by atoms with Crippen LogP contribution in [0.15, 0.2) is 53.7 Å². The number of methoxy groups -OCH3 is 2. The molecule has 2 heterocycles. The molecule has 2 aliphatic heterocycles. The number of ether oxygens (including phenoxy) is 3. The summed E-state index contributed by atoms with van der Waals surface area (Å²) >= 11 is 0. The fraction of sp³-hybridized carbons (Fsp3) is 0.433. The van der Waals surface area contributed by atoms with Gasteiger partial charge in [-0.15, -0.1) is 0 Å². The van der Waals surface area contributed by atoms with Crippen LogP contribution < -0.4 is 14.8 Å². The Morgan fingerprint density at radius 2 is 1.75 bits per heavy atom. The van der Waals surface area contributed by atoms with E-state index in [-0.39, 0.29) is 18.5 Å². The number of nitrogens with zero attached hydrogens (tertiary/aromatic N) is 3. The third-order valence-electron chi connectivity index (χ3n) is 7.37. The van der Waals surface area contributed by atoms with E-state index in [1.807, 2.05) is 36.1 Å². The first-order valence-corrected chi connectivity index (χ1v) is 13.5. The summed E-state index contributed by atoms with van der Waals surface area (Å²) in [6, 6.07) is 11.8. The summed E-state index contributed by atoms with van der Waals surface area (Å²) in [5, 5.41) is 2.94. The number of nitrogens with one attached hydrogen (secondary N) is 1. The van der Waals surface area contributed by atoms with Crippen molar-refractivity contribution in [3.8, 4) is 11.5 Å². The number of hydrogen-bond donors (Lipinski definition) is 1. The van der Waals surface area contributed by atoms with Crippen LogP contribution in [0.2, 0.25) is 0 Å². The van der Waals surface area contributed by atoms with Crippen LogP contribution in [0.25, 0.3) is 0 Å². The number of urea groups is 1. The average molecular weight is 551 g/mol. The van der Waals surface area contributed by atoms with Gasteiger partial charge in [-0.3, -0.25) is 14.6 Å². The second kappa shape index (κ2) is 12.9. The van der Waals surface area contributed by atoms with E-state index in [0.29, 0.717) is 66.6 Å². The third-order valence-corrected chi connectivity index (χ3v) is 7.37. The Morgan fingerprint density at radius 3 is 2.42 bits per heavy atom. The number of esters is 1. The first kappa shape index (κ1) is 28.9. The molecule has 2 aromatic carbocycles. The lowest BCUT2D eigenvalue weighted by Crippen LogP contribution is -2.49. The number of benzene rings is 2. The second-order valence-corrected chi connectivity index (χ2v) is 9.92. The van der Waals surface area contributed by atoms with Crippen molar-refractivity contribution in [2.75, 3.05) is 60.6 Å². The van der Waals surface area contributed by atoms with Crippen molar-refractivity contribution in [3.63, 3.8) is 0 Å². The van der Waals surface area contributed by atoms with E-state index in [2.05, 4.69) is 10.2 Å². The first-order valence-electron chi connectivity index (χ1n) is 13.5. The van der Waals surface area contributed by atoms with Crippen molar-refractivity contribution in [2.24, 2.45) is 0 Å². The maximum atomic E-state index is 13.4. The normalized spacial score (nSPS) is 18.2. The van der Waals surface area contributed by atoms with E-state index in [0.717, 1.165) is 12.0 Å². The van der Waals surface area contributed by atoms with E-state index < -0.39 is 12.0 Å². The maximum Gasteiger partial charge on any atom is 0.338 e. The number of rotatable bonds is 8. The Balaban J connectivity index is 1.63. The zero-order chi connectivity index (χ0) is 28.8. The Bertz CT molecular complexity index is 1280. The second-order valence-electron chi connectivity index (χ2n) is 9.92. The molecular weight excluding hydrogens is 512 g/mol. The molecule has 40 heavy (non-hydrogen) atoms. The summed E-state index contributed by atoms with van der Waals surface area (Å²) in [5.41, 5.74) is 3.31. The molecule has 0 aliphatic carbocycles. The molecule has 3 amide bonds. The van der Waals surface area contributed by atoms with Gasteiger partial charge in [0.05, 0.1) is 32.4 Å². The van der Waals surface area contributed by atoms with Gasteiger partial charge in [-0.1, -0.05) is 17.7 Å². The average Bonchev–Trinajstić information content (AvgIpc) is 3.20. The molecule has 1 saturated heterocycles. The molecule has 1 unspecified atom stereocenters. The largest absolute Gasteiger partial charge is 0.497 e. The number of hydrogen-bond acceptors (Lipinski definition) is 7. The fourth-order valence-corrected chi connectivity index (χ4v) is 5.11. The van der Waals surface area contributed by atoms with E-state index in [1.165, 1.54) is 12.0 Å². The zero-order valence-corrected chi connectivity index (χ0v) is 23.9. The van der Waals surface area contributed by atoms with Gasteiger partial charge < -0.3 is 24.4 Å². The lowest BCUT2D eigenvalue weighted by atomic mass is 9.93. The van der Waals surface area contributed by atoms with Gasteiger partial charge in [0.1, 0.15) is 11.5 Å². The number of aryl methyl sites for hydroxylation is 1. The number of carbonyl (C=O) groups excluding carboxylic acids is 3. The number of likely N-dealkylation sites (N-methyl/N-ethyl adjacent to an activating group) is 1. The molecule has 0 saturated carbocycles. The van der Waals surface area contributed by atoms with E-state index >= 15 is 0 Å². The molecule has 0 aromatic heterocycles. The van der Waals surface area contributed by atoms with Crippen molar-refractivity contribution in [3.05, 3.63) is 70.4 Å². The minimum atomic E-state index is -0.773. The van der Waals surface area contributed by atoms with Crippen LogP contribution in [0.1, 0.15) is 40.9 Å². The smallest absolute Gasteiger partial charge is 0.338 e. The summed E-state index contributed by atoms with van der Waals surface area (Å²) < 4.78 is 16.4. The lowest BCUT2D eigenvalue weighted by molar-refractivity contribution is -0.139. The van der Waals surface area contributed by atoms with Crippen molar-refractivity contribution in [1.29, 1.82) is 0 Å². The Morgan fingerprint density at radius 1 is 1.00 bits per heavy atom. The molecule has 0 spiro atoms. The standard InChI is InChI=1S/C30H38N4O6/c1-6-40-29(36)26-24(32(3)30(37)31-27(26)23-13-12-22(38-4)18-25(23)39-5)19-33-14-7-15-34(17-16-33)28(35)21-10-8-20(2)9-11-21/h8-13,18,27H,6-7,14-17,19H2,1-5H3,(H,31,37). The topological polar surface area (TPSA) is 101 Å². The van der Waals surface area contributed by atoms with Crippen LogP contribution in [0.4, 0.5) is 4.79 Å². The predicted molar refractivity (Wildman–Crippen MR) is 150 cm³/mol. The molecule has 2 aromatic rings. The Labute approximate surface area is 235 Å². The van der Waals surface area contributed by atoms with E-state index in [1.54, 1.807) is 39.3 Å². The van der Waals surface area contributed by atoms with E-state index in [9.17, 15) is 14.4 Å². The zero-order valence-electron chi connectivity index (χ0n) is 23.9. The molecule has 1 atom stereocenters. The number of amides is 3. The van der Waals surface area contributed by atoms with Crippen molar-refractivity contribution >= 4 is 17.9 Å². The van der Waals surface area contributed by atoms with Gasteiger partial charge in [0, 0.05) is 62.7 Å². The molecule has 10 heteroatoms. The van der Waals surface area contributed by atoms with Crippen LogP contribution in [0.5, 0.6) is 11.5 Å². The highest BCUT2D eigenvalue weighted by atomic mass is 16.5. The molecule has 10 nitrogen and oxygen atoms in total. The van der Waals surface area contributed by atoms with E-state index in [4.69, 9.17) is 14.2 Å². The highest BCUT2D eigenvalue weighted by molar-refractivity contribution is 5.95. The van der Waals surface area contributed by atoms with Crippen molar-refractivity contribution in [2.45, 2.75) is 26.3 Å². The molecule has 1 fully saturated rings. The number of carbonyl (C=O) groups is 3. The summed E-state index contributed by atoms with van der Waals surface area (Å²) in [5.74, 6) is 0.582. The molecule has 214 valence electrons. The van der Waals surface area contributed by atoms with Crippen molar-refractivity contribution < 1.29 is 28.6 Å². The van der Waals surface area contributed by atoms with Crippen LogP contribution in [-0.2, 0) is 9.53 Å². The van der Waals surface area contributed by atoms with Gasteiger partial charge in [0.25, 0.3) is 5.91 Å². The predicted octanol–water partition coefficient (Wildman–Crippen LogP) is 3.37. The third kappa shape index (κ3) is 6.22. The SMILES string of the molecule is CCOC(=O)C1=C(CN2CCCN(C(=O)c3ccc(C)cc3)CC2)N(C)C(=O)NC1c1ccc(OC)cc1OC. The van der Waals surface area contributed by atoms with Crippen LogP contribution in [-0.4, -0.2) is 93.2 Å². The van der Waals surface area contributed by atoms with Crippen LogP contribution >= 0.6 is 0 Å². The van der Waals surface area contributed by atoms with Crippen molar-refractivity contribution in [1.82, 2.24) is 20.0 Å². The molecule has 0 radical (unpaired) electrons. The molecule has 4 rings (SSSR count). The lowest BCUT2D eigenvalue weighted by Gasteiger charge is -2.37. The van der Waals surface area contributed by atoms with Gasteiger partial charge in [0.15, 0.2) is 0 Å². The van der Waals surface area contributed by atoms with Gasteiger partial charge >= 0.3 is 12.0 Å². The highest BCUT2D eigenvalue weighted by Crippen LogP contribution is 2.37. The molecule has 1 N–H and O–H groups in total. The molecular formula is C30H38N4O6. The highest BCUT2D eigenvalue weighted by Gasteiger charge is 2.39. The maximum absolute atomic E-state index is 13.4. The van der Waals surface area contributed by atoms with Gasteiger partial charge in [-0.25, -0.2) is 9.59 Å². The Hall–Kier alpha value is -4.05. The monoisotopic (exact) mass is 550 g/mol.